The normalized spacial score (nSPS) is 19.9. The summed E-state index contributed by atoms with van der Waals surface area (Å²) in [4.78, 5) is 26.0. The highest BCUT2D eigenvalue weighted by atomic mass is 19.1. The van der Waals surface area contributed by atoms with Gasteiger partial charge < -0.3 is 20.3 Å². The van der Waals surface area contributed by atoms with Gasteiger partial charge in [0.15, 0.2) is 0 Å². The summed E-state index contributed by atoms with van der Waals surface area (Å²) < 4.78 is 16.8. The van der Waals surface area contributed by atoms with Crippen molar-refractivity contribution >= 4 is 22.6 Å². The lowest BCUT2D eigenvalue weighted by Crippen LogP contribution is -2.43. The lowest BCUT2D eigenvalue weighted by molar-refractivity contribution is 0.0695. The number of fused-ring (bicyclic) bond motifs is 1. The van der Waals surface area contributed by atoms with Gasteiger partial charge in [0.1, 0.15) is 11.4 Å². The molecule has 2 heterocycles. The standard InChI is InChI=1S/C20H20FN3O3/c1-2-13-17-14(8-16(21)18(13)23-7-3-4-11(22)9-23)19(25)15(20(26)27)10-24(17)12-5-6-12/h1,8,10-12H,3-7,9,22H2,(H,26,27). The summed E-state index contributed by atoms with van der Waals surface area (Å²) in [6, 6.07) is 1.12. The molecule has 6 nitrogen and oxygen atoms in total. The molecule has 0 bridgehead atoms. The van der Waals surface area contributed by atoms with E-state index in [2.05, 4.69) is 5.92 Å². The lowest BCUT2D eigenvalue weighted by atomic mass is 10.00. The minimum Gasteiger partial charge on any atom is -0.477 e. The summed E-state index contributed by atoms with van der Waals surface area (Å²) in [5, 5.41) is 9.38. The van der Waals surface area contributed by atoms with Crippen molar-refractivity contribution in [2.75, 3.05) is 18.0 Å². The van der Waals surface area contributed by atoms with Gasteiger partial charge in [-0.2, -0.15) is 0 Å². The van der Waals surface area contributed by atoms with Gasteiger partial charge in [-0.25, -0.2) is 9.18 Å². The number of hydrogen-bond donors (Lipinski definition) is 2. The van der Waals surface area contributed by atoms with Gasteiger partial charge in [0.05, 0.1) is 22.2 Å². The second-order valence-electron chi connectivity index (χ2n) is 7.29. The maximum absolute atomic E-state index is 15.1. The molecule has 1 aliphatic heterocycles. The molecular weight excluding hydrogens is 349 g/mol. The first kappa shape index (κ1) is 17.6. The highest BCUT2D eigenvalue weighted by Gasteiger charge is 2.31. The van der Waals surface area contributed by atoms with Crippen molar-refractivity contribution in [1.29, 1.82) is 0 Å². The molecule has 1 aromatic heterocycles. The van der Waals surface area contributed by atoms with Gasteiger partial charge >= 0.3 is 5.97 Å². The molecular formula is C20H20FN3O3. The predicted octanol–water partition coefficient (Wildman–Crippen LogP) is 2.08. The number of aromatic carboxylic acids is 1. The number of carboxylic acid groups (broad SMARTS) is 1. The van der Waals surface area contributed by atoms with Crippen LogP contribution in [0.25, 0.3) is 10.9 Å². The molecule has 1 saturated heterocycles. The third kappa shape index (κ3) is 2.86. The summed E-state index contributed by atoms with van der Waals surface area (Å²) in [5.41, 5.74) is 5.96. The van der Waals surface area contributed by atoms with E-state index < -0.39 is 17.2 Å². The minimum atomic E-state index is -1.33. The molecule has 1 unspecified atom stereocenters. The summed E-state index contributed by atoms with van der Waals surface area (Å²) in [7, 11) is 0. The predicted molar refractivity (Wildman–Crippen MR) is 101 cm³/mol. The van der Waals surface area contributed by atoms with Gasteiger partial charge in [0, 0.05) is 31.4 Å². The SMILES string of the molecule is C#Cc1c(N2CCCC(N)C2)c(F)cc2c(=O)c(C(=O)O)cn(C3CC3)c12. The average Bonchev–Trinajstić information content (AvgIpc) is 3.46. The largest absolute Gasteiger partial charge is 0.477 e. The monoisotopic (exact) mass is 369 g/mol. The fraction of sp³-hybridized carbons (Fsp3) is 0.400. The number of benzene rings is 1. The molecule has 0 radical (unpaired) electrons. The Bertz CT molecular complexity index is 1050. The van der Waals surface area contributed by atoms with Crippen molar-refractivity contribution in [3.05, 3.63) is 39.4 Å². The van der Waals surface area contributed by atoms with Gasteiger partial charge in [0.25, 0.3) is 0 Å². The summed E-state index contributed by atoms with van der Waals surface area (Å²) in [5.74, 6) is 0.613. The second kappa shape index (κ2) is 6.39. The van der Waals surface area contributed by atoms with Crippen molar-refractivity contribution in [3.8, 4) is 12.3 Å². The number of terminal acetylenes is 1. The molecule has 1 aliphatic carbocycles. The van der Waals surface area contributed by atoms with Gasteiger partial charge in [-0.15, -0.1) is 6.42 Å². The van der Waals surface area contributed by atoms with E-state index in [1.807, 2.05) is 4.90 Å². The fourth-order valence-electron chi connectivity index (χ4n) is 3.93. The quantitative estimate of drug-likeness (QED) is 0.809. The number of aromatic nitrogens is 1. The zero-order valence-corrected chi connectivity index (χ0v) is 14.7. The van der Waals surface area contributed by atoms with E-state index in [1.165, 1.54) is 6.20 Å². The number of anilines is 1. The highest BCUT2D eigenvalue weighted by molar-refractivity contribution is 5.96. The number of pyridine rings is 1. The van der Waals surface area contributed by atoms with Gasteiger partial charge in [-0.1, -0.05) is 5.92 Å². The van der Waals surface area contributed by atoms with Crippen LogP contribution >= 0.6 is 0 Å². The van der Waals surface area contributed by atoms with Crippen LogP contribution in [0.1, 0.15) is 47.6 Å². The van der Waals surface area contributed by atoms with Crippen LogP contribution in [0.4, 0.5) is 10.1 Å². The zero-order valence-electron chi connectivity index (χ0n) is 14.7. The van der Waals surface area contributed by atoms with Crippen LogP contribution in [0.2, 0.25) is 0 Å². The van der Waals surface area contributed by atoms with Crippen LogP contribution in [-0.2, 0) is 0 Å². The molecule has 2 aliphatic rings. The summed E-state index contributed by atoms with van der Waals surface area (Å²) >= 11 is 0. The van der Waals surface area contributed by atoms with E-state index in [1.54, 1.807) is 4.57 Å². The molecule has 0 spiro atoms. The summed E-state index contributed by atoms with van der Waals surface area (Å²) in [6.45, 7) is 1.11. The van der Waals surface area contributed by atoms with Crippen LogP contribution in [0.15, 0.2) is 17.1 Å². The average molecular weight is 369 g/mol. The Morgan fingerprint density at radius 3 is 2.70 bits per heavy atom. The van der Waals surface area contributed by atoms with Crippen LogP contribution in [0.5, 0.6) is 0 Å². The first-order chi connectivity index (χ1) is 12.9. The van der Waals surface area contributed by atoms with Crippen molar-refractivity contribution in [3.63, 3.8) is 0 Å². The minimum absolute atomic E-state index is 0.0114. The molecule has 3 N–H and O–H groups in total. The highest BCUT2D eigenvalue weighted by Crippen LogP contribution is 2.40. The molecule has 2 aromatic rings. The molecule has 27 heavy (non-hydrogen) atoms. The van der Waals surface area contributed by atoms with Crippen molar-refractivity contribution in [1.82, 2.24) is 4.57 Å². The van der Waals surface area contributed by atoms with Gasteiger partial charge in [0.2, 0.25) is 5.43 Å². The van der Waals surface area contributed by atoms with Crippen molar-refractivity contribution in [2.24, 2.45) is 5.73 Å². The number of carbonyl (C=O) groups is 1. The van der Waals surface area contributed by atoms with Crippen molar-refractivity contribution < 1.29 is 14.3 Å². The van der Waals surface area contributed by atoms with E-state index in [9.17, 15) is 14.7 Å². The van der Waals surface area contributed by atoms with Crippen LogP contribution in [0.3, 0.4) is 0 Å². The zero-order chi connectivity index (χ0) is 19.3. The Morgan fingerprint density at radius 2 is 2.11 bits per heavy atom. The van der Waals surface area contributed by atoms with Gasteiger partial charge in [-0.3, -0.25) is 4.79 Å². The van der Waals surface area contributed by atoms with Crippen LogP contribution in [0, 0.1) is 18.2 Å². The van der Waals surface area contributed by atoms with E-state index in [4.69, 9.17) is 12.2 Å². The van der Waals surface area contributed by atoms with Crippen molar-refractivity contribution in [2.45, 2.75) is 37.8 Å². The third-order valence-electron chi connectivity index (χ3n) is 5.33. The Labute approximate surface area is 155 Å². The molecule has 1 atom stereocenters. The maximum atomic E-state index is 15.1. The molecule has 0 amide bonds. The molecule has 2 fully saturated rings. The first-order valence-electron chi connectivity index (χ1n) is 9.04. The molecule has 1 aromatic carbocycles. The van der Waals surface area contributed by atoms with E-state index in [-0.39, 0.29) is 28.7 Å². The van der Waals surface area contributed by atoms with E-state index >= 15 is 4.39 Å². The number of nitrogens with zero attached hydrogens (tertiary/aromatic N) is 2. The number of piperidine rings is 1. The Balaban J connectivity index is 2.05. The second-order valence-corrected chi connectivity index (χ2v) is 7.29. The number of nitrogens with two attached hydrogens (primary N) is 1. The summed E-state index contributed by atoms with van der Waals surface area (Å²) in [6.07, 6.45) is 10.5. The number of halogens is 1. The Hall–Kier alpha value is -2.85. The topological polar surface area (TPSA) is 88.6 Å². The first-order valence-corrected chi connectivity index (χ1v) is 9.04. The molecule has 4 rings (SSSR count). The molecule has 1 saturated carbocycles. The smallest absolute Gasteiger partial charge is 0.341 e. The van der Waals surface area contributed by atoms with E-state index in [0.717, 1.165) is 31.7 Å². The molecule has 140 valence electrons. The number of carboxylic acids is 1. The van der Waals surface area contributed by atoms with Crippen LogP contribution in [-0.4, -0.2) is 34.8 Å². The Kier molecular flexibility index (Phi) is 4.16. The van der Waals surface area contributed by atoms with Gasteiger partial charge in [-0.05, 0) is 31.7 Å². The lowest BCUT2D eigenvalue weighted by Gasteiger charge is -2.34. The third-order valence-corrected chi connectivity index (χ3v) is 5.33. The van der Waals surface area contributed by atoms with Crippen LogP contribution < -0.4 is 16.1 Å². The fourth-order valence-corrected chi connectivity index (χ4v) is 3.93. The number of rotatable bonds is 3. The van der Waals surface area contributed by atoms with E-state index in [0.29, 0.717) is 24.2 Å². The maximum Gasteiger partial charge on any atom is 0.341 e. The molecule has 7 heteroatoms. The Morgan fingerprint density at radius 1 is 1.37 bits per heavy atom. The number of hydrogen-bond acceptors (Lipinski definition) is 4.